The van der Waals surface area contributed by atoms with Gasteiger partial charge in [-0.3, -0.25) is 4.79 Å². The van der Waals surface area contributed by atoms with Crippen molar-refractivity contribution in [3.8, 4) is 0 Å². The number of nitrogens with one attached hydrogen (secondary N) is 2. The van der Waals surface area contributed by atoms with Gasteiger partial charge in [0.15, 0.2) is 0 Å². The van der Waals surface area contributed by atoms with E-state index in [1.54, 1.807) is 0 Å². The molecule has 2 rings (SSSR count). The van der Waals surface area contributed by atoms with Crippen LogP contribution >= 0.6 is 12.4 Å². The van der Waals surface area contributed by atoms with Gasteiger partial charge in [0.1, 0.15) is 0 Å². The second-order valence-corrected chi connectivity index (χ2v) is 7.24. The number of amides is 1. The first-order valence-electron chi connectivity index (χ1n) is 8.05. The zero-order valence-corrected chi connectivity index (χ0v) is 13.9. The lowest BCUT2D eigenvalue weighted by atomic mass is 9.75. The van der Waals surface area contributed by atoms with Crippen LogP contribution < -0.4 is 10.6 Å². The largest absolute Gasteiger partial charge is 0.353 e. The minimum Gasteiger partial charge on any atom is -0.353 e. The highest BCUT2D eigenvalue weighted by Gasteiger charge is 2.27. The van der Waals surface area contributed by atoms with Gasteiger partial charge < -0.3 is 10.6 Å². The normalized spacial score (nSPS) is 23.9. The van der Waals surface area contributed by atoms with E-state index in [0.717, 1.165) is 44.7 Å². The Hall–Kier alpha value is -0.280. The third-order valence-electron chi connectivity index (χ3n) is 4.94. The lowest BCUT2D eigenvalue weighted by Gasteiger charge is -2.34. The number of carbonyl (C=O) groups is 1. The van der Waals surface area contributed by atoms with Gasteiger partial charge in [-0.15, -0.1) is 12.4 Å². The lowest BCUT2D eigenvalue weighted by Crippen LogP contribution is -2.39. The van der Waals surface area contributed by atoms with E-state index in [1.807, 2.05) is 0 Å². The highest BCUT2D eigenvalue weighted by atomic mass is 35.5. The van der Waals surface area contributed by atoms with E-state index in [4.69, 9.17) is 0 Å². The molecule has 3 nitrogen and oxygen atoms in total. The minimum absolute atomic E-state index is 0. The van der Waals surface area contributed by atoms with Crippen molar-refractivity contribution in [1.82, 2.24) is 10.6 Å². The van der Waals surface area contributed by atoms with Crippen LogP contribution in [-0.4, -0.2) is 25.0 Å². The molecular formula is C16H31ClN2O. The van der Waals surface area contributed by atoms with Gasteiger partial charge in [0, 0.05) is 12.5 Å². The summed E-state index contributed by atoms with van der Waals surface area (Å²) in [6.45, 7) is 6.93. The summed E-state index contributed by atoms with van der Waals surface area (Å²) >= 11 is 0. The molecule has 1 saturated heterocycles. The number of rotatable bonds is 4. The maximum Gasteiger partial charge on any atom is 0.220 e. The number of carbonyl (C=O) groups excluding carboxylic acids is 1. The monoisotopic (exact) mass is 302 g/mol. The fourth-order valence-electron chi connectivity index (χ4n) is 3.35. The third kappa shape index (κ3) is 6.01. The maximum absolute atomic E-state index is 12.0. The van der Waals surface area contributed by atoms with Crippen LogP contribution in [-0.2, 0) is 4.79 Å². The standard InChI is InChI=1S/C16H30N2O.ClH/c1-16(2)9-5-14(6-10-16)18-15(19)4-3-13-7-11-17-12-8-13;/h13-14,17H,3-12H2,1-2H3,(H,18,19);1H. The molecule has 2 aliphatic rings. The molecule has 0 atom stereocenters. The molecule has 2 fully saturated rings. The summed E-state index contributed by atoms with van der Waals surface area (Å²) < 4.78 is 0. The van der Waals surface area contributed by atoms with Gasteiger partial charge in [-0.25, -0.2) is 0 Å². The van der Waals surface area contributed by atoms with Crippen molar-refractivity contribution in [3.05, 3.63) is 0 Å². The van der Waals surface area contributed by atoms with Crippen LogP contribution in [0.1, 0.15) is 65.2 Å². The summed E-state index contributed by atoms with van der Waals surface area (Å²) in [5, 5.41) is 6.62. The molecule has 0 radical (unpaired) electrons. The predicted octanol–water partition coefficient (Wildman–Crippen LogP) is 3.27. The Morgan fingerprint density at radius 2 is 1.75 bits per heavy atom. The van der Waals surface area contributed by atoms with Crippen LogP contribution in [0.2, 0.25) is 0 Å². The summed E-state index contributed by atoms with van der Waals surface area (Å²) in [4.78, 5) is 12.0. The molecule has 1 aliphatic heterocycles. The Kier molecular flexibility index (Phi) is 7.32. The number of hydrogen-bond acceptors (Lipinski definition) is 2. The average molecular weight is 303 g/mol. The molecular weight excluding hydrogens is 272 g/mol. The SMILES string of the molecule is CC1(C)CCC(NC(=O)CCC2CCNCC2)CC1.Cl. The fourth-order valence-corrected chi connectivity index (χ4v) is 3.35. The van der Waals surface area contributed by atoms with Crippen molar-refractivity contribution < 1.29 is 4.79 Å². The van der Waals surface area contributed by atoms with Crippen LogP contribution in [0.25, 0.3) is 0 Å². The van der Waals surface area contributed by atoms with Crippen LogP contribution in [0.15, 0.2) is 0 Å². The van der Waals surface area contributed by atoms with Gasteiger partial charge >= 0.3 is 0 Å². The van der Waals surface area contributed by atoms with E-state index < -0.39 is 0 Å². The van der Waals surface area contributed by atoms with Crippen LogP contribution in [0.5, 0.6) is 0 Å². The maximum atomic E-state index is 12.0. The first-order valence-corrected chi connectivity index (χ1v) is 8.05. The van der Waals surface area contributed by atoms with Crippen molar-refractivity contribution in [2.45, 2.75) is 71.3 Å². The van der Waals surface area contributed by atoms with E-state index in [9.17, 15) is 4.79 Å². The number of piperidine rings is 1. The van der Waals surface area contributed by atoms with Crippen molar-refractivity contribution in [2.24, 2.45) is 11.3 Å². The topological polar surface area (TPSA) is 41.1 Å². The molecule has 0 bridgehead atoms. The summed E-state index contributed by atoms with van der Waals surface area (Å²) in [5.74, 6) is 1.04. The Balaban J connectivity index is 0.00000200. The molecule has 0 aromatic carbocycles. The van der Waals surface area contributed by atoms with Gasteiger partial charge in [-0.1, -0.05) is 13.8 Å². The molecule has 1 heterocycles. The van der Waals surface area contributed by atoms with Gasteiger partial charge in [0.2, 0.25) is 5.91 Å². The number of halogens is 1. The predicted molar refractivity (Wildman–Crippen MR) is 86.3 cm³/mol. The van der Waals surface area contributed by atoms with E-state index in [0.29, 0.717) is 11.5 Å². The smallest absolute Gasteiger partial charge is 0.220 e. The van der Waals surface area contributed by atoms with Gasteiger partial charge in [0.05, 0.1) is 0 Å². The van der Waals surface area contributed by atoms with E-state index in [-0.39, 0.29) is 18.3 Å². The Labute approximate surface area is 130 Å². The van der Waals surface area contributed by atoms with Crippen molar-refractivity contribution in [2.75, 3.05) is 13.1 Å². The van der Waals surface area contributed by atoms with E-state index in [2.05, 4.69) is 24.5 Å². The second-order valence-electron chi connectivity index (χ2n) is 7.24. The average Bonchev–Trinajstić information content (AvgIpc) is 2.40. The first kappa shape index (κ1) is 17.8. The van der Waals surface area contributed by atoms with Gasteiger partial charge in [0.25, 0.3) is 0 Å². The highest BCUT2D eigenvalue weighted by Crippen LogP contribution is 2.35. The summed E-state index contributed by atoms with van der Waals surface area (Å²) in [7, 11) is 0. The van der Waals surface area contributed by atoms with Crippen LogP contribution in [0, 0.1) is 11.3 Å². The Morgan fingerprint density at radius 1 is 1.15 bits per heavy atom. The molecule has 4 heteroatoms. The van der Waals surface area contributed by atoms with Crippen molar-refractivity contribution in [1.29, 1.82) is 0 Å². The summed E-state index contributed by atoms with van der Waals surface area (Å²) in [6.07, 6.45) is 9.09. The Bertz CT molecular complexity index is 291. The molecule has 0 spiro atoms. The number of hydrogen-bond donors (Lipinski definition) is 2. The molecule has 0 unspecified atom stereocenters. The van der Waals surface area contributed by atoms with E-state index >= 15 is 0 Å². The molecule has 0 aromatic heterocycles. The van der Waals surface area contributed by atoms with Crippen LogP contribution in [0.4, 0.5) is 0 Å². The minimum atomic E-state index is 0. The van der Waals surface area contributed by atoms with Gasteiger partial charge in [-0.2, -0.15) is 0 Å². The third-order valence-corrected chi connectivity index (χ3v) is 4.94. The molecule has 1 amide bonds. The quantitative estimate of drug-likeness (QED) is 0.837. The van der Waals surface area contributed by atoms with Gasteiger partial charge in [-0.05, 0) is 69.4 Å². The zero-order valence-electron chi connectivity index (χ0n) is 13.0. The fraction of sp³-hybridized carbons (Fsp3) is 0.938. The van der Waals surface area contributed by atoms with Crippen LogP contribution in [0.3, 0.4) is 0 Å². The molecule has 0 aromatic rings. The second kappa shape index (κ2) is 8.23. The Morgan fingerprint density at radius 3 is 2.35 bits per heavy atom. The lowest BCUT2D eigenvalue weighted by molar-refractivity contribution is -0.122. The summed E-state index contributed by atoms with van der Waals surface area (Å²) in [6, 6.07) is 0.438. The first-order chi connectivity index (χ1) is 9.05. The zero-order chi connectivity index (χ0) is 13.7. The molecule has 20 heavy (non-hydrogen) atoms. The molecule has 2 N–H and O–H groups in total. The van der Waals surface area contributed by atoms with Crippen molar-refractivity contribution in [3.63, 3.8) is 0 Å². The molecule has 1 aliphatic carbocycles. The molecule has 118 valence electrons. The highest BCUT2D eigenvalue weighted by molar-refractivity contribution is 5.85. The van der Waals surface area contributed by atoms with Crippen molar-refractivity contribution >= 4 is 18.3 Å². The molecule has 1 saturated carbocycles. The van der Waals surface area contributed by atoms with E-state index in [1.165, 1.54) is 25.7 Å². The summed E-state index contributed by atoms with van der Waals surface area (Å²) in [5.41, 5.74) is 0.482.